The third-order valence-electron chi connectivity index (χ3n) is 3.56. The predicted octanol–water partition coefficient (Wildman–Crippen LogP) is 1.52. The lowest BCUT2D eigenvalue weighted by Gasteiger charge is -2.29. The second-order valence-corrected chi connectivity index (χ2v) is 7.04. The Kier molecular flexibility index (Phi) is 6.27. The van der Waals surface area contributed by atoms with Crippen LogP contribution in [0, 0.1) is 5.92 Å². The zero-order valence-corrected chi connectivity index (χ0v) is 13.6. The molecule has 2 amide bonds. The van der Waals surface area contributed by atoms with E-state index in [2.05, 4.69) is 24.1 Å². The summed E-state index contributed by atoms with van der Waals surface area (Å²) in [5.41, 5.74) is -0.858. The number of carbonyl (C=O) groups is 1. The standard InChI is InChI=1S/C15H31N3O2/c1-12(2)10-18-8-6-7-13(18)9-16-14(19)17(5)11-15(3,4)20/h12-13,20H,6-11H2,1-5H3,(H,16,19)/t13-/m0/s1. The maximum Gasteiger partial charge on any atom is 0.317 e. The van der Waals surface area contributed by atoms with Crippen LogP contribution in [0.5, 0.6) is 0 Å². The van der Waals surface area contributed by atoms with Gasteiger partial charge in [0, 0.05) is 26.2 Å². The Morgan fingerprint density at radius 2 is 2.15 bits per heavy atom. The molecule has 5 heteroatoms. The molecule has 0 aliphatic carbocycles. The van der Waals surface area contributed by atoms with E-state index in [4.69, 9.17) is 0 Å². The molecule has 1 heterocycles. The number of aliphatic hydroxyl groups is 1. The molecule has 118 valence electrons. The van der Waals surface area contributed by atoms with Crippen molar-refractivity contribution in [3.63, 3.8) is 0 Å². The van der Waals surface area contributed by atoms with Gasteiger partial charge < -0.3 is 15.3 Å². The lowest BCUT2D eigenvalue weighted by Crippen LogP contribution is -2.48. The van der Waals surface area contributed by atoms with E-state index in [-0.39, 0.29) is 6.03 Å². The molecule has 5 nitrogen and oxygen atoms in total. The smallest absolute Gasteiger partial charge is 0.317 e. The van der Waals surface area contributed by atoms with E-state index >= 15 is 0 Å². The second-order valence-electron chi connectivity index (χ2n) is 7.04. The van der Waals surface area contributed by atoms with Gasteiger partial charge in [-0.15, -0.1) is 0 Å². The molecule has 1 saturated heterocycles. The molecule has 0 spiro atoms. The molecule has 0 aromatic heterocycles. The highest BCUT2D eigenvalue weighted by Crippen LogP contribution is 2.18. The highest BCUT2D eigenvalue weighted by atomic mass is 16.3. The number of nitrogens with one attached hydrogen (secondary N) is 1. The van der Waals surface area contributed by atoms with Crippen LogP contribution in [0.3, 0.4) is 0 Å². The average molecular weight is 285 g/mol. The number of rotatable bonds is 6. The summed E-state index contributed by atoms with van der Waals surface area (Å²) in [6, 6.07) is 0.348. The largest absolute Gasteiger partial charge is 0.389 e. The summed E-state index contributed by atoms with van der Waals surface area (Å²) in [5.74, 6) is 0.657. The van der Waals surface area contributed by atoms with Crippen molar-refractivity contribution < 1.29 is 9.90 Å². The first kappa shape index (κ1) is 17.2. The van der Waals surface area contributed by atoms with Gasteiger partial charge in [0.2, 0.25) is 0 Å². The first-order valence-electron chi connectivity index (χ1n) is 7.64. The van der Waals surface area contributed by atoms with Gasteiger partial charge in [0.25, 0.3) is 0 Å². The lowest BCUT2D eigenvalue weighted by atomic mass is 10.1. The quantitative estimate of drug-likeness (QED) is 0.778. The number of urea groups is 1. The molecule has 0 aromatic rings. The molecule has 0 aromatic carbocycles. The Morgan fingerprint density at radius 3 is 2.70 bits per heavy atom. The third kappa shape index (κ3) is 6.09. The van der Waals surface area contributed by atoms with Gasteiger partial charge >= 0.3 is 6.03 Å². The zero-order valence-electron chi connectivity index (χ0n) is 13.6. The molecule has 1 fully saturated rings. The van der Waals surface area contributed by atoms with Crippen molar-refractivity contribution in [3.05, 3.63) is 0 Å². The zero-order chi connectivity index (χ0) is 15.3. The van der Waals surface area contributed by atoms with Gasteiger partial charge in [-0.2, -0.15) is 0 Å². The predicted molar refractivity (Wildman–Crippen MR) is 81.8 cm³/mol. The minimum Gasteiger partial charge on any atom is -0.389 e. The monoisotopic (exact) mass is 285 g/mol. The highest BCUT2D eigenvalue weighted by molar-refractivity contribution is 5.73. The van der Waals surface area contributed by atoms with Gasteiger partial charge in [-0.1, -0.05) is 13.8 Å². The van der Waals surface area contributed by atoms with Crippen molar-refractivity contribution >= 4 is 6.03 Å². The van der Waals surface area contributed by atoms with Crippen molar-refractivity contribution in [3.8, 4) is 0 Å². The number of likely N-dealkylation sites (tertiary alicyclic amines) is 1. The van der Waals surface area contributed by atoms with E-state index in [9.17, 15) is 9.90 Å². The van der Waals surface area contributed by atoms with E-state index in [1.54, 1.807) is 25.8 Å². The van der Waals surface area contributed by atoms with Gasteiger partial charge in [-0.25, -0.2) is 4.79 Å². The molecule has 20 heavy (non-hydrogen) atoms. The molecule has 1 atom stereocenters. The molecule has 0 saturated carbocycles. The van der Waals surface area contributed by atoms with E-state index in [0.29, 0.717) is 25.0 Å². The van der Waals surface area contributed by atoms with Crippen molar-refractivity contribution in [2.24, 2.45) is 5.92 Å². The Labute approximate surface area is 123 Å². The van der Waals surface area contributed by atoms with Crippen LogP contribution < -0.4 is 5.32 Å². The number of likely N-dealkylation sites (N-methyl/N-ethyl adjacent to an activating group) is 1. The molecule has 0 unspecified atom stereocenters. The molecule has 1 rings (SSSR count). The van der Waals surface area contributed by atoms with E-state index in [0.717, 1.165) is 19.5 Å². The number of hydrogen-bond acceptors (Lipinski definition) is 3. The number of hydrogen-bond donors (Lipinski definition) is 2. The van der Waals surface area contributed by atoms with E-state index in [1.807, 2.05) is 0 Å². The van der Waals surface area contributed by atoms with E-state index < -0.39 is 5.60 Å². The van der Waals surface area contributed by atoms with Crippen LogP contribution in [-0.2, 0) is 0 Å². The maximum absolute atomic E-state index is 12.0. The second kappa shape index (κ2) is 7.27. The summed E-state index contributed by atoms with van der Waals surface area (Å²) in [4.78, 5) is 16.0. The SMILES string of the molecule is CC(C)CN1CCC[C@H]1CNC(=O)N(C)CC(C)(C)O. The third-order valence-corrected chi connectivity index (χ3v) is 3.56. The minimum absolute atomic E-state index is 0.108. The summed E-state index contributed by atoms with van der Waals surface area (Å²) < 4.78 is 0. The maximum atomic E-state index is 12.0. The Hall–Kier alpha value is -0.810. The summed E-state index contributed by atoms with van der Waals surface area (Å²) >= 11 is 0. The van der Waals surface area contributed by atoms with Crippen LogP contribution in [0.25, 0.3) is 0 Å². The van der Waals surface area contributed by atoms with Gasteiger partial charge in [0.05, 0.1) is 12.1 Å². The first-order valence-corrected chi connectivity index (χ1v) is 7.64. The molecule has 2 N–H and O–H groups in total. The molecule has 1 aliphatic heterocycles. The lowest BCUT2D eigenvalue weighted by molar-refractivity contribution is 0.0529. The van der Waals surface area contributed by atoms with Gasteiger partial charge in [0.1, 0.15) is 0 Å². The van der Waals surface area contributed by atoms with Crippen molar-refractivity contribution in [1.82, 2.24) is 15.1 Å². The molecule has 1 aliphatic rings. The topological polar surface area (TPSA) is 55.8 Å². The van der Waals surface area contributed by atoms with Crippen LogP contribution in [0.15, 0.2) is 0 Å². The highest BCUT2D eigenvalue weighted by Gasteiger charge is 2.26. The summed E-state index contributed by atoms with van der Waals surface area (Å²) in [7, 11) is 1.72. The van der Waals surface area contributed by atoms with Gasteiger partial charge in [-0.3, -0.25) is 4.90 Å². The van der Waals surface area contributed by atoms with Gasteiger partial charge in [0.15, 0.2) is 0 Å². The number of amides is 2. The van der Waals surface area contributed by atoms with Gasteiger partial charge in [-0.05, 0) is 39.2 Å². The van der Waals surface area contributed by atoms with Crippen LogP contribution >= 0.6 is 0 Å². The molecule has 0 radical (unpaired) electrons. The van der Waals surface area contributed by atoms with Crippen LogP contribution in [0.4, 0.5) is 4.79 Å². The molecule has 0 bridgehead atoms. The summed E-state index contributed by atoms with van der Waals surface area (Å²) in [6.45, 7) is 11.1. The van der Waals surface area contributed by atoms with Crippen molar-refractivity contribution in [2.45, 2.75) is 52.2 Å². The fourth-order valence-electron chi connectivity index (χ4n) is 2.83. The summed E-state index contributed by atoms with van der Waals surface area (Å²) in [6.07, 6.45) is 2.37. The fourth-order valence-corrected chi connectivity index (χ4v) is 2.83. The van der Waals surface area contributed by atoms with Crippen LogP contribution in [0.2, 0.25) is 0 Å². The van der Waals surface area contributed by atoms with Crippen molar-refractivity contribution in [1.29, 1.82) is 0 Å². The van der Waals surface area contributed by atoms with Crippen LogP contribution in [0.1, 0.15) is 40.5 Å². The summed E-state index contributed by atoms with van der Waals surface area (Å²) in [5, 5.41) is 12.7. The normalized spacial score (nSPS) is 20.4. The fraction of sp³-hybridized carbons (Fsp3) is 0.933. The van der Waals surface area contributed by atoms with E-state index in [1.165, 1.54) is 6.42 Å². The first-order chi connectivity index (χ1) is 9.19. The number of nitrogens with zero attached hydrogens (tertiary/aromatic N) is 2. The molecular weight excluding hydrogens is 254 g/mol. The van der Waals surface area contributed by atoms with Crippen LogP contribution in [-0.4, -0.2) is 65.8 Å². The Bertz CT molecular complexity index is 313. The minimum atomic E-state index is -0.858. The Balaban J connectivity index is 2.36. The molecular formula is C15H31N3O2. The average Bonchev–Trinajstić information content (AvgIpc) is 2.70. The Morgan fingerprint density at radius 1 is 1.50 bits per heavy atom. The number of carbonyl (C=O) groups excluding carboxylic acids is 1. The van der Waals surface area contributed by atoms with Crippen molar-refractivity contribution in [2.75, 3.05) is 33.2 Å².